The molecule has 0 N–H and O–H groups in total. The second kappa shape index (κ2) is 7.57. The molecule has 0 radical (unpaired) electrons. The lowest BCUT2D eigenvalue weighted by Gasteiger charge is -2.29. The third kappa shape index (κ3) is 3.04. The van der Waals surface area contributed by atoms with Crippen molar-refractivity contribution < 1.29 is 14.4 Å². The molecule has 2 aliphatic heterocycles. The van der Waals surface area contributed by atoms with Crippen molar-refractivity contribution in [3.8, 4) is 0 Å². The zero-order valence-electron chi connectivity index (χ0n) is 18.1. The van der Waals surface area contributed by atoms with E-state index in [0.29, 0.717) is 5.69 Å². The van der Waals surface area contributed by atoms with Crippen molar-refractivity contribution in [1.82, 2.24) is 0 Å². The maximum Gasteiger partial charge on any atom is 0.266 e. The van der Waals surface area contributed by atoms with Crippen LogP contribution in [0.1, 0.15) is 17.2 Å². The SMILES string of the molecule is Cc1ccc([C@H]2[C@H]3C(=O)N(c4cccc5ccccc45)C(=O)[C@@H]3ON2c2ccccc2)cc1. The number of fused-ring (bicyclic) bond motifs is 2. The number of rotatable bonds is 3. The Bertz CT molecular complexity index is 1360. The highest BCUT2D eigenvalue weighted by Gasteiger charge is 2.60. The molecule has 2 heterocycles. The molecule has 0 aliphatic carbocycles. The van der Waals surface area contributed by atoms with Gasteiger partial charge in [0, 0.05) is 5.39 Å². The fourth-order valence-corrected chi connectivity index (χ4v) is 4.96. The molecule has 33 heavy (non-hydrogen) atoms. The molecule has 6 rings (SSSR count). The van der Waals surface area contributed by atoms with Gasteiger partial charge in [-0.25, -0.2) is 9.96 Å². The molecule has 0 saturated carbocycles. The Morgan fingerprint density at radius 1 is 0.727 bits per heavy atom. The van der Waals surface area contributed by atoms with Crippen molar-refractivity contribution in [2.45, 2.75) is 19.1 Å². The van der Waals surface area contributed by atoms with Crippen LogP contribution in [0.5, 0.6) is 0 Å². The first-order valence-corrected chi connectivity index (χ1v) is 11.1. The summed E-state index contributed by atoms with van der Waals surface area (Å²) in [5.74, 6) is -1.19. The molecule has 5 nitrogen and oxygen atoms in total. The summed E-state index contributed by atoms with van der Waals surface area (Å²) in [6.07, 6.45) is -0.872. The summed E-state index contributed by atoms with van der Waals surface area (Å²) in [6, 6.07) is 30.8. The van der Waals surface area contributed by atoms with E-state index in [9.17, 15) is 9.59 Å². The van der Waals surface area contributed by atoms with E-state index in [1.54, 1.807) is 5.06 Å². The Morgan fingerprint density at radius 2 is 1.42 bits per heavy atom. The van der Waals surface area contributed by atoms with Crippen molar-refractivity contribution >= 4 is 34.0 Å². The molecule has 2 amide bonds. The Balaban J connectivity index is 1.46. The molecule has 0 spiro atoms. The zero-order chi connectivity index (χ0) is 22.5. The monoisotopic (exact) mass is 434 g/mol. The summed E-state index contributed by atoms with van der Waals surface area (Å²) in [5.41, 5.74) is 3.49. The van der Waals surface area contributed by atoms with E-state index in [1.165, 1.54) is 4.90 Å². The predicted molar refractivity (Wildman–Crippen MR) is 128 cm³/mol. The van der Waals surface area contributed by atoms with Gasteiger partial charge in [0.1, 0.15) is 5.92 Å². The first kappa shape index (κ1) is 19.7. The van der Waals surface area contributed by atoms with E-state index in [2.05, 4.69) is 0 Å². The number of hydroxylamine groups is 1. The zero-order valence-corrected chi connectivity index (χ0v) is 18.1. The minimum absolute atomic E-state index is 0.231. The van der Waals surface area contributed by atoms with Gasteiger partial charge >= 0.3 is 0 Å². The third-order valence-corrected chi connectivity index (χ3v) is 6.55. The average Bonchev–Trinajstić information content (AvgIpc) is 3.36. The molecule has 0 bridgehead atoms. The highest BCUT2D eigenvalue weighted by Crippen LogP contribution is 2.48. The molecule has 0 unspecified atom stereocenters. The number of carbonyl (C=O) groups excluding carboxylic acids is 2. The van der Waals surface area contributed by atoms with E-state index in [4.69, 9.17) is 4.84 Å². The van der Waals surface area contributed by atoms with Gasteiger partial charge in [-0.2, -0.15) is 0 Å². The molecular weight excluding hydrogens is 412 g/mol. The van der Waals surface area contributed by atoms with Crippen molar-refractivity contribution in [1.29, 1.82) is 0 Å². The van der Waals surface area contributed by atoms with Crippen LogP contribution in [0.25, 0.3) is 10.8 Å². The number of nitrogens with zero attached hydrogens (tertiary/aromatic N) is 2. The molecule has 2 saturated heterocycles. The normalized spacial score (nSPS) is 22.3. The molecule has 4 aromatic carbocycles. The van der Waals surface area contributed by atoms with Crippen LogP contribution in [0.15, 0.2) is 97.1 Å². The Morgan fingerprint density at radius 3 is 2.21 bits per heavy atom. The molecule has 162 valence electrons. The van der Waals surface area contributed by atoms with Crippen LogP contribution >= 0.6 is 0 Å². The van der Waals surface area contributed by atoms with Gasteiger partial charge in [0.25, 0.3) is 5.91 Å². The van der Waals surface area contributed by atoms with Crippen LogP contribution in [0.3, 0.4) is 0 Å². The Labute approximate surface area is 191 Å². The summed E-state index contributed by atoms with van der Waals surface area (Å²) in [6.45, 7) is 2.03. The largest absolute Gasteiger partial charge is 0.273 e. The van der Waals surface area contributed by atoms with Crippen LogP contribution in [0.4, 0.5) is 11.4 Å². The molecule has 2 fully saturated rings. The number of aryl methyl sites for hydroxylation is 1. The maximum atomic E-state index is 13.9. The lowest BCUT2D eigenvalue weighted by Crippen LogP contribution is -2.37. The minimum Gasteiger partial charge on any atom is -0.273 e. The standard InChI is InChI=1S/C28H22N2O3/c1-18-14-16-20(17-15-18)25-24-26(33-30(25)21-10-3-2-4-11-21)28(32)29(27(24)31)23-13-7-9-19-8-5-6-12-22(19)23/h2-17,24-26H,1H3/t24-,25+,26-/m1/s1. The average molecular weight is 434 g/mol. The van der Waals surface area contributed by atoms with Crippen molar-refractivity contribution in [3.05, 3.63) is 108 Å². The van der Waals surface area contributed by atoms with Gasteiger partial charge in [0.2, 0.25) is 5.91 Å². The number of anilines is 2. The van der Waals surface area contributed by atoms with Gasteiger partial charge in [-0.05, 0) is 36.1 Å². The molecule has 3 atom stereocenters. The highest BCUT2D eigenvalue weighted by molar-refractivity contribution is 6.26. The molecule has 5 heteroatoms. The fraction of sp³-hybridized carbons (Fsp3) is 0.143. The maximum absolute atomic E-state index is 13.9. The van der Waals surface area contributed by atoms with Crippen LogP contribution < -0.4 is 9.96 Å². The molecule has 4 aromatic rings. The Kier molecular flexibility index (Phi) is 4.52. The summed E-state index contributed by atoms with van der Waals surface area (Å²) >= 11 is 0. The van der Waals surface area contributed by atoms with Crippen LogP contribution in [-0.4, -0.2) is 17.9 Å². The van der Waals surface area contributed by atoms with Crippen molar-refractivity contribution in [2.24, 2.45) is 5.92 Å². The number of hydrogen-bond donors (Lipinski definition) is 0. The fourth-order valence-electron chi connectivity index (χ4n) is 4.96. The van der Waals surface area contributed by atoms with Gasteiger partial charge in [-0.1, -0.05) is 84.4 Å². The van der Waals surface area contributed by atoms with Gasteiger partial charge in [0.15, 0.2) is 6.10 Å². The van der Waals surface area contributed by atoms with E-state index >= 15 is 0 Å². The molecule has 2 aliphatic rings. The first-order valence-electron chi connectivity index (χ1n) is 11.1. The van der Waals surface area contributed by atoms with Crippen LogP contribution in [0.2, 0.25) is 0 Å². The van der Waals surface area contributed by atoms with E-state index in [0.717, 1.165) is 27.6 Å². The summed E-state index contributed by atoms with van der Waals surface area (Å²) in [4.78, 5) is 35.0. The predicted octanol–water partition coefficient (Wildman–Crippen LogP) is 5.20. The number of benzene rings is 4. The Hall–Kier alpha value is -3.96. The summed E-state index contributed by atoms with van der Waals surface area (Å²) < 4.78 is 0. The van der Waals surface area contributed by atoms with Crippen LogP contribution in [0, 0.1) is 12.8 Å². The topological polar surface area (TPSA) is 49.9 Å². The first-order chi connectivity index (χ1) is 16.1. The second-order valence-electron chi connectivity index (χ2n) is 8.58. The number of para-hydroxylation sites is 1. The third-order valence-electron chi connectivity index (χ3n) is 6.55. The molecular formula is C28H22N2O3. The number of carbonyl (C=O) groups is 2. The van der Waals surface area contributed by atoms with Gasteiger partial charge in [0.05, 0.1) is 17.4 Å². The lowest BCUT2D eigenvalue weighted by atomic mass is 9.90. The van der Waals surface area contributed by atoms with Gasteiger partial charge in [-0.3, -0.25) is 14.4 Å². The number of hydrogen-bond acceptors (Lipinski definition) is 4. The van der Waals surface area contributed by atoms with E-state index < -0.39 is 18.1 Å². The van der Waals surface area contributed by atoms with Gasteiger partial charge in [-0.15, -0.1) is 0 Å². The second-order valence-corrected chi connectivity index (χ2v) is 8.58. The smallest absolute Gasteiger partial charge is 0.266 e. The quantitative estimate of drug-likeness (QED) is 0.416. The van der Waals surface area contributed by atoms with Crippen LogP contribution in [-0.2, 0) is 14.4 Å². The lowest BCUT2D eigenvalue weighted by molar-refractivity contribution is -0.126. The van der Waals surface area contributed by atoms with E-state index in [-0.39, 0.29) is 11.8 Å². The van der Waals surface area contributed by atoms with Crippen molar-refractivity contribution in [2.75, 3.05) is 9.96 Å². The van der Waals surface area contributed by atoms with Crippen molar-refractivity contribution in [3.63, 3.8) is 0 Å². The minimum atomic E-state index is -0.872. The summed E-state index contributed by atoms with van der Waals surface area (Å²) in [5, 5.41) is 3.58. The summed E-state index contributed by atoms with van der Waals surface area (Å²) in [7, 11) is 0. The highest BCUT2D eigenvalue weighted by atomic mass is 16.7. The van der Waals surface area contributed by atoms with Gasteiger partial charge < -0.3 is 0 Å². The molecule has 0 aromatic heterocycles. The number of amides is 2. The van der Waals surface area contributed by atoms with E-state index in [1.807, 2.05) is 104 Å². The number of imide groups is 1.